The van der Waals surface area contributed by atoms with E-state index >= 15 is 0 Å². The quantitative estimate of drug-likeness (QED) is 0.789. The number of aromatic nitrogens is 2. The lowest BCUT2D eigenvalue weighted by molar-refractivity contribution is 0.569. The van der Waals surface area contributed by atoms with Crippen LogP contribution in [-0.4, -0.2) is 16.3 Å². The molecule has 1 unspecified atom stereocenters. The van der Waals surface area contributed by atoms with Crippen molar-refractivity contribution in [2.24, 2.45) is 0 Å². The number of nitrogens with zero attached hydrogens (tertiary/aromatic N) is 2. The van der Waals surface area contributed by atoms with Crippen LogP contribution in [0.1, 0.15) is 37.4 Å². The monoisotopic (exact) mass is 369 g/mol. The summed E-state index contributed by atoms with van der Waals surface area (Å²) in [5, 5.41) is 7.92. The highest BCUT2D eigenvalue weighted by atomic mass is 127. The van der Waals surface area contributed by atoms with Crippen LogP contribution in [0.25, 0.3) is 0 Å². The van der Waals surface area contributed by atoms with Crippen LogP contribution in [0.2, 0.25) is 0 Å². The lowest BCUT2D eigenvalue weighted by Crippen LogP contribution is -2.18. The van der Waals surface area contributed by atoms with Crippen LogP contribution in [-0.2, 0) is 6.54 Å². The zero-order valence-electron chi connectivity index (χ0n) is 11.4. The second kappa shape index (κ2) is 7.05. The highest BCUT2D eigenvalue weighted by Crippen LogP contribution is 2.13. The summed E-state index contributed by atoms with van der Waals surface area (Å²) < 4.78 is 3.27. The zero-order chi connectivity index (χ0) is 13.7. The Hall–Kier alpha value is -0.880. The molecule has 1 aromatic heterocycles. The van der Waals surface area contributed by atoms with E-state index in [-0.39, 0.29) is 0 Å². The molecule has 1 N–H and O–H groups in total. The van der Waals surface area contributed by atoms with E-state index in [1.54, 1.807) is 0 Å². The zero-order valence-corrected chi connectivity index (χ0v) is 13.6. The SMILES string of the molecule is CCCNC(C)c1cnn(Cc2ccc(I)cc2)c1. The van der Waals surface area contributed by atoms with Gasteiger partial charge in [0, 0.05) is 21.4 Å². The predicted octanol–water partition coefficient (Wildman–Crippen LogP) is 3.60. The summed E-state index contributed by atoms with van der Waals surface area (Å²) in [6, 6.07) is 8.94. The minimum absolute atomic E-state index is 0.366. The van der Waals surface area contributed by atoms with Gasteiger partial charge >= 0.3 is 0 Å². The molecule has 1 atom stereocenters. The summed E-state index contributed by atoms with van der Waals surface area (Å²) in [6.07, 6.45) is 5.24. The summed E-state index contributed by atoms with van der Waals surface area (Å²) in [5.74, 6) is 0. The summed E-state index contributed by atoms with van der Waals surface area (Å²) in [6.45, 7) is 6.24. The van der Waals surface area contributed by atoms with Gasteiger partial charge in [-0.15, -0.1) is 0 Å². The van der Waals surface area contributed by atoms with Crippen LogP contribution in [0.4, 0.5) is 0 Å². The molecule has 0 amide bonds. The highest BCUT2D eigenvalue weighted by molar-refractivity contribution is 14.1. The molecule has 0 radical (unpaired) electrons. The average molecular weight is 369 g/mol. The lowest BCUT2D eigenvalue weighted by atomic mass is 10.2. The van der Waals surface area contributed by atoms with Gasteiger partial charge in [-0.3, -0.25) is 4.68 Å². The number of nitrogens with one attached hydrogen (secondary N) is 1. The third-order valence-electron chi connectivity index (χ3n) is 3.11. The van der Waals surface area contributed by atoms with Gasteiger partial charge < -0.3 is 5.32 Å². The molecule has 0 fully saturated rings. The van der Waals surface area contributed by atoms with E-state index in [2.05, 4.69) is 77.3 Å². The Morgan fingerprint density at radius 1 is 1.32 bits per heavy atom. The van der Waals surface area contributed by atoms with Crippen molar-refractivity contribution in [2.75, 3.05) is 6.54 Å². The molecule has 0 aliphatic heterocycles. The summed E-state index contributed by atoms with van der Waals surface area (Å²) in [7, 11) is 0. The molecule has 4 heteroatoms. The van der Waals surface area contributed by atoms with E-state index in [1.165, 1.54) is 14.7 Å². The molecule has 0 saturated carbocycles. The van der Waals surface area contributed by atoms with Gasteiger partial charge in [-0.05, 0) is 60.2 Å². The van der Waals surface area contributed by atoms with Crippen molar-refractivity contribution >= 4 is 22.6 Å². The minimum Gasteiger partial charge on any atom is -0.310 e. The standard InChI is InChI=1S/C15H20IN3/c1-3-8-17-12(2)14-9-18-19(11-14)10-13-4-6-15(16)7-5-13/h4-7,9,11-12,17H,3,8,10H2,1-2H3. The molecule has 1 aromatic carbocycles. The Kier molecular flexibility index (Phi) is 5.39. The molecule has 0 aliphatic carbocycles. The van der Waals surface area contributed by atoms with Crippen molar-refractivity contribution in [3.8, 4) is 0 Å². The van der Waals surface area contributed by atoms with Crippen molar-refractivity contribution in [3.05, 3.63) is 51.4 Å². The molecule has 19 heavy (non-hydrogen) atoms. The van der Waals surface area contributed by atoms with Gasteiger partial charge in [0.1, 0.15) is 0 Å². The molecular weight excluding hydrogens is 349 g/mol. The highest BCUT2D eigenvalue weighted by Gasteiger charge is 2.07. The Bertz CT molecular complexity index is 504. The van der Waals surface area contributed by atoms with Gasteiger partial charge in [-0.25, -0.2) is 0 Å². The second-order valence-corrected chi connectivity index (χ2v) is 6.02. The molecule has 0 bridgehead atoms. The Morgan fingerprint density at radius 2 is 2.05 bits per heavy atom. The van der Waals surface area contributed by atoms with E-state index in [4.69, 9.17) is 0 Å². The van der Waals surface area contributed by atoms with E-state index in [9.17, 15) is 0 Å². The summed E-state index contributed by atoms with van der Waals surface area (Å²) >= 11 is 2.32. The number of hydrogen-bond acceptors (Lipinski definition) is 2. The van der Waals surface area contributed by atoms with Crippen molar-refractivity contribution in [2.45, 2.75) is 32.9 Å². The lowest BCUT2D eigenvalue weighted by Gasteiger charge is -2.10. The molecule has 0 spiro atoms. The maximum absolute atomic E-state index is 4.44. The Balaban J connectivity index is 1.98. The fraction of sp³-hybridized carbons (Fsp3) is 0.400. The second-order valence-electron chi connectivity index (χ2n) is 4.77. The summed E-state index contributed by atoms with van der Waals surface area (Å²) in [5.41, 5.74) is 2.53. The topological polar surface area (TPSA) is 29.9 Å². The normalized spacial score (nSPS) is 12.6. The van der Waals surface area contributed by atoms with Crippen LogP contribution >= 0.6 is 22.6 Å². The molecular formula is C15H20IN3. The first-order chi connectivity index (χ1) is 9.19. The minimum atomic E-state index is 0.366. The first-order valence-corrected chi connectivity index (χ1v) is 7.77. The molecule has 2 aromatic rings. The van der Waals surface area contributed by atoms with Gasteiger partial charge in [0.05, 0.1) is 12.7 Å². The van der Waals surface area contributed by atoms with Gasteiger partial charge in [0.25, 0.3) is 0 Å². The van der Waals surface area contributed by atoms with Crippen LogP contribution in [0, 0.1) is 3.57 Å². The third-order valence-corrected chi connectivity index (χ3v) is 3.83. The van der Waals surface area contributed by atoms with E-state index in [0.29, 0.717) is 6.04 Å². The van der Waals surface area contributed by atoms with E-state index in [0.717, 1.165) is 19.5 Å². The van der Waals surface area contributed by atoms with Gasteiger partial charge in [-0.1, -0.05) is 19.1 Å². The van der Waals surface area contributed by atoms with Gasteiger partial charge in [-0.2, -0.15) is 5.10 Å². The molecule has 0 saturated heterocycles. The van der Waals surface area contributed by atoms with Crippen LogP contribution in [0.15, 0.2) is 36.7 Å². The first-order valence-electron chi connectivity index (χ1n) is 6.69. The van der Waals surface area contributed by atoms with Crippen LogP contribution in [0.5, 0.6) is 0 Å². The fourth-order valence-corrected chi connectivity index (χ4v) is 2.30. The van der Waals surface area contributed by atoms with Crippen LogP contribution in [0.3, 0.4) is 0 Å². The smallest absolute Gasteiger partial charge is 0.0659 e. The van der Waals surface area contributed by atoms with Crippen LogP contribution < -0.4 is 5.32 Å². The number of hydrogen-bond donors (Lipinski definition) is 1. The third kappa shape index (κ3) is 4.31. The predicted molar refractivity (Wildman–Crippen MR) is 87.2 cm³/mol. The van der Waals surface area contributed by atoms with Crippen molar-refractivity contribution in [1.82, 2.24) is 15.1 Å². The van der Waals surface area contributed by atoms with Crippen molar-refractivity contribution < 1.29 is 0 Å². The molecule has 0 aliphatic rings. The number of halogens is 1. The number of benzene rings is 1. The molecule has 102 valence electrons. The van der Waals surface area contributed by atoms with Gasteiger partial charge in [0.15, 0.2) is 0 Å². The Labute approximate surface area is 128 Å². The molecule has 2 rings (SSSR count). The number of rotatable bonds is 6. The Morgan fingerprint density at radius 3 is 2.74 bits per heavy atom. The first kappa shape index (κ1) is 14.5. The average Bonchev–Trinajstić information content (AvgIpc) is 2.87. The summed E-state index contributed by atoms with van der Waals surface area (Å²) in [4.78, 5) is 0. The van der Waals surface area contributed by atoms with Gasteiger partial charge in [0.2, 0.25) is 0 Å². The maximum atomic E-state index is 4.44. The van der Waals surface area contributed by atoms with E-state index in [1.807, 2.05) is 10.9 Å². The molecule has 3 nitrogen and oxygen atoms in total. The fourth-order valence-electron chi connectivity index (χ4n) is 1.95. The van der Waals surface area contributed by atoms with Crippen molar-refractivity contribution in [3.63, 3.8) is 0 Å². The molecule has 1 heterocycles. The largest absolute Gasteiger partial charge is 0.310 e. The van der Waals surface area contributed by atoms with E-state index < -0.39 is 0 Å². The maximum Gasteiger partial charge on any atom is 0.0659 e. The van der Waals surface area contributed by atoms with Crippen molar-refractivity contribution in [1.29, 1.82) is 0 Å².